The topological polar surface area (TPSA) is 96.7 Å². The first-order chi connectivity index (χ1) is 12.4. The summed E-state index contributed by atoms with van der Waals surface area (Å²) < 4.78 is 0. The van der Waals surface area contributed by atoms with E-state index >= 15 is 0 Å². The van der Waals surface area contributed by atoms with Gasteiger partial charge in [-0.05, 0) is 42.9 Å². The van der Waals surface area contributed by atoms with Crippen molar-refractivity contribution in [2.24, 2.45) is 28.3 Å². The molecule has 0 radical (unpaired) electrons. The third-order valence-electron chi connectivity index (χ3n) is 4.77. The van der Waals surface area contributed by atoms with Gasteiger partial charge in [-0.1, -0.05) is 38.1 Å². The molecule has 1 aliphatic rings. The number of benzene rings is 1. The van der Waals surface area contributed by atoms with Gasteiger partial charge in [0.1, 0.15) is 0 Å². The second-order valence-electron chi connectivity index (χ2n) is 7.61. The number of nitrogens with one attached hydrogen (secondary N) is 1. The van der Waals surface area contributed by atoms with E-state index in [0.29, 0.717) is 18.4 Å². The van der Waals surface area contributed by atoms with Crippen molar-refractivity contribution in [3.05, 3.63) is 35.4 Å². The lowest BCUT2D eigenvalue weighted by Crippen LogP contribution is -2.40. The predicted molar refractivity (Wildman–Crippen MR) is 122 cm³/mol. The first-order valence-electron chi connectivity index (χ1n) is 9.57. The summed E-state index contributed by atoms with van der Waals surface area (Å²) in [6, 6.07) is 8.40. The Labute approximate surface area is 180 Å². The maximum absolute atomic E-state index is 11.4. The monoisotopic (exact) mass is 487 g/mol. The van der Waals surface area contributed by atoms with Crippen LogP contribution in [0.15, 0.2) is 29.3 Å². The molecule has 1 saturated heterocycles. The summed E-state index contributed by atoms with van der Waals surface area (Å²) >= 11 is 0. The lowest BCUT2D eigenvalue weighted by molar-refractivity contribution is -0.123. The van der Waals surface area contributed by atoms with Crippen molar-refractivity contribution in [2.75, 3.05) is 19.6 Å². The van der Waals surface area contributed by atoms with Crippen LogP contribution in [0, 0.1) is 11.8 Å². The zero-order valence-corrected chi connectivity index (χ0v) is 18.8. The number of rotatable bonds is 8. The molecule has 5 N–H and O–H groups in total. The van der Waals surface area contributed by atoms with Crippen LogP contribution >= 0.6 is 24.0 Å². The normalized spacial score (nSPS) is 18.2. The van der Waals surface area contributed by atoms with Crippen LogP contribution in [-0.4, -0.2) is 36.4 Å². The average molecular weight is 487 g/mol. The van der Waals surface area contributed by atoms with Crippen LogP contribution in [0.4, 0.5) is 0 Å². The van der Waals surface area contributed by atoms with Gasteiger partial charge in [0.15, 0.2) is 5.96 Å². The second-order valence-corrected chi connectivity index (χ2v) is 7.61. The van der Waals surface area contributed by atoms with E-state index in [1.807, 2.05) is 0 Å². The van der Waals surface area contributed by atoms with Crippen molar-refractivity contribution in [3.8, 4) is 0 Å². The van der Waals surface area contributed by atoms with Crippen LogP contribution < -0.4 is 16.8 Å². The largest absolute Gasteiger partial charge is 0.370 e. The molecule has 0 bridgehead atoms. The smallest absolute Gasteiger partial charge is 0.221 e. The highest BCUT2D eigenvalue weighted by Crippen LogP contribution is 2.19. The fourth-order valence-electron chi connectivity index (χ4n) is 3.24. The molecule has 0 aliphatic carbocycles. The van der Waals surface area contributed by atoms with E-state index in [1.54, 1.807) is 0 Å². The number of carbonyl (C=O) groups excluding carboxylic acids is 1. The fourth-order valence-corrected chi connectivity index (χ4v) is 3.24. The molecular formula is C20H34IN5O. The van der Waals surface area contributed by atoms with Gasteiger partial charge in [0.2, 0.25) is 5.91 Å². The van der Waals surface area contributed by atoms with Crippen molar-refractivity contribution in [3.63, 3.8) is 0 Å². The Kier molecular flexibility index (Phi) is 10.7. The van der Waals surface area contributed by atoms with Crippen molar-refractivity contribution >= 4 is 35.8 Å². The highest BCUT2D eigenvalue weighted by Gasteiger charge is 2.23. The summed E-state index contributed by atoms with van der Waals surface area (Å²) in [5, 5.41) is 3.16. The molecule has 1 unspecified atom stereocenters. The molecule has 1 amide bonds. The van der Waals surface area contributed by atoms with Crippen LogP contribution in [-0.2, 0) is 17.9 Å². The minimum Gasteiger partial charge on any atom is -0.370 e. The van der Waals surface area contributed by atoms with E-state index < -0.39 is 0 Å². The lowest BCUT2D eigenvalue weighted by atomic mass is 9.97. The van der Waals surface area contributed by atoms with Crippen LogP contribution in [0.5, 0.6) is 0 Å². The molecular weight excluding hydrogens is 453 g/mol. The Morgan fingerprint density at radius 2 is 2.07 bits per heavy atom. The Hall–Kier alpha value is -1.35. The number of halogens is 1. The maximum Gasteiger partial charge on any atom is 0.221 e. The third-order valence-corrected chi connectivity index (χ3v) is 4.77. The second kappa shape index (κ2) is 12.2. The highest BCUT2D eigenvalue weighted by molar-refractivity contribution is 14.0. The Morgan fingerprint density at radius 1 is 1.33 bits per heavy atom. The number of carbonyl (C=O) groups is 1. The van der Waals surface area contributed by atoms with Crippen LogP contribution in [0.2, 0.25) is 0 Å². The molecule has 27 heavy (non-hydrogen) atoms. The molecule has 1 aliphatic heterocycles. The third kappa shape index (κ3) is 8.92. The quantitative estimate of drug-likeness (QED) is 0.298. The number of amides is 1. The van der Waals surface area contributed by atoms with Gasteiger partial charge in [0, 0.05) is 19.6 Å². The van der Waals surface area contributed by atoms with Crippen LogP contribution in [0.3, 0.4) is 0 Å². The van der Waals surface area contributed by atoms with Crippen molar-refractivity contribution < 1.29 is 4.79 Å². The van der Waals surface area contributed by atoms with Crippen molar-refractivity contribution in [1.29, 1.82) is 0 Å². The predicted octanol–water partition coefficient (Wildman–Crippen LogP) is 2.45. The summed E-state index contributed by atoms with van der Waals surface area (Å²) in [5.74, 6) is 0.943. The fraction of sp³-hybridized carbons (Fsp3) is 0.600. The van der Waals surface area contributed by atoms with E-state index in [9.17, 15) is 4.79 Å². The average Bonchev–Trinajstić information content (AvgIpc) is 2.60. The summed E-state index contributed by atoms with van der Waals surface area (Å²) in [6.07, 6.45) is 3.01. The van der Waals surface area contributed by atoms with Gasteiger partial charge in [0.25, 0.3) is 0 Å². The molecule has 1 atom stereocenters. The highest BCUT2D eigenvalue weighted by atomic mass is 127. The number of nitrogens with zero attached hydrogens (tertiary/aromatic N) is 2. The van der Waals surface area contributed by atoms with Gasteiger partial charge in [-0.15, -0.1) is 24.0 Å². The molecule has 0 aromatic heterocycles. The number of nitrogens with two attached hydrogens (primary N) is 2. The molecule has 0 spiro atoms. The molecule has 6 nitrogen and oxygen atoms in total. The van der Waals surface area contributed by atoms with Gasteiger partial charge in [-0.2, -0.15) is 0 Å². The Balaban J connectivity index is 0.00000364. The summed E-state index contributed by atoms with van der Waals surface area (Å²) in [4.78, 5) is 18.2. The minimum absolute atomic E-state index is 0. The molecule has 1 aromatic rings. The zero-order chi connectivity index (χ0) is 18.9. The number of hydrogen-bond donors (Lipinski definition) is 3. The Morgan fingerprint density at radius 3 is 2.78 bits per heavy atom. The number of primary amides is 1. The maximum atomic E-state index is 11.4. The Bertz CT molecular complexity index is 620. The molecule has 1 fully saturated rings. The molecule has 7 heteroatoms. The molecule has 0 saturated carbocycles. The van der Waals surface area contributed by atoms with Crippen LogP contribution in [0.1, 0.15) is 44.2 Å². The van der Waals surface area contributed by atoms with Gasteiger partial charge in [-0.25, -0.2) is 4.99 Å². The van der Waals surface area contributed by atoms with Crippen molar-refractivity contribution in [2.45, 2.75) is 46.2 Å². The molecule has 152 valence electrons. The van der Waals surface area contributed by atoms with Gasteiger partial charge >= 0.3 is 0 Å². The van der Waals surface area contributed by atoms with Crippen LogP contribution in [0.25, 0.3) is 0 Å². The van der Waals surface area contributed by atoms with Gasteiger partial charge in [0.05, 0.1) is 12.5 Å². The first kappa shape index (κ1) is 23.7. The number of aliphatic imine (C=N–C) groups is 1. The van der Waals surface area contributed by atoms with E-state index in [4.69, 9.17) is 11.5 Å². The first-order valence-corrected chi connectivity index (χ1v) is 9.57. The van der Waals surface area contributed by atoms with Gasteiger partial charge in [-0.3, -0.25) is 9.69 Å². The summed E-state index contributed by atoms with van der Waals surface area (Å²) in [7, 11) is 0. The molecule has 2 rings (SSSR count). The van der Waals surface area contributed by atoms with E-state index in [2.05, 4.69) is 53.3 Å². The summed E-state index contributed by atoms with van der Waals surface area (Å²) in [5.41, 5.74) is 13.8. The number of piperidine rings is 1. The van der Waals surface area contributed by atoms with E-state index in [-0.39, 0.29) is 35.8 Å². The zero-order valence-electron chi connectivity index (χ0n) is 16.5. The standard InChI is InChI=1S/C20H33N5O.HI/c1-15(2)8-9-23-20(22)24-12-16-5-3-6-17(11-16)13-25-10-4-7-18(14-25)19(21)26;/h3,5-6,11,15,18H,4,7-10,12-14H2,1-2H3,(H2,21,26)(H3,22,23,24);1H. The molecule has 1 aromatic carbocycles. The number of hydrogen-bond acceptors (Lipinski definition) is 3. The summed E-state index contributed by atoms with van der Waals surface area (Å²) in [6.45, 7) is 8.40. The lowest BCUT2D eigenvalue weighted by Gasteiger charge is -2.31. The minimum atomic E-state index is -0.182. The number of likely N-dealkylation sites (tertiary alicyclic amines) is 1. The van der Waals surface area contributed by atoms with Crippen molar-refractivity contribution in [1.82, 2.24) is 10.2 Å². The van der Waals surface area contributed by atoms with E-state index in [0.717, 1.165) is 51.0 Å². The van der Waals surface area contributed by atoms with E-state index in [1.165, 1.54) is 5.56 Å². The SMILES string of the molecule is CC(C)CCNC(N)=NCc1cccc(CN2CCCC(C(N)=O)C2)c1.I. The molecule has 1 heterocycles. The van der Waals surface area contributed by atoms with Gasteiger partial charge < -0.3 is 16.8 Å². The number of guanidine groups is 1.